The van der Waals surface area contributed by atoms with Gasteiger partial charge in [0.15, 0.2) is 5.67 Å². The van der Waals surface area contributed by atoms with Crippen LogP contribution in [0.5, 0.6) is 0 Å². The molecule has 2 aromatic heterocycles. The topological polar surface area (TPSA) is 109 Å². The number of pyridine rings is 2. The highest BCUT2D eigenvalue weighted by Crippen LogP contribution is 2.32. The van der Waals surface area contributed by atoms with Crippen LogP contribution in [0.25, 0.3) is 0 Å². The van der Waals surface area contributed by atoms with Crippen molar-refractivity contribution < 1.29 is 23.6 Å². The first-order valence-corrected chi connectivity index (χ1v) is 13.7. The second-order valence-electron chi connectivity index (χ2n) is 11.4. The van der Waals surface area contributed by atoms with Crippen molar-refractivity contribution in [2.75, 3.05) is 38.6 Å². The molecule has 4 heterocycles. The van der Waals surface area contributed by atoms with E-state index in [9.17, 15) is 9.59 Å². The van der Waals surface area contributed by atoms with E-state index in [0.29, 0.717) is 51.4 Å². The van der Waals surface area contributed by atoms with E-state index in [-0.39, 0.29) is 33.6 Å². The van der Waals surface area contributed by atoms with Gasteiger partial charge in [-0.15, -0.1) is 0 Å². The minimum atomic E-state index is -1.87. The highest BCUT2D eigenvalue weighted by molar-refractivity contribution is 6.00. The summed E-state index contributed by atoms with van der Waals surface area (Å²) >= 11 is 0. The highest BCUT2D eigenvalue weighted by atomic mass is 19.1. The van der Waals surface area contributed by atoms with Crippen LogP contribution in [0.15, 0.2) is 47.9 Å². The predicted octanol–water partition coefficient (Wildman–Crippen LogP) is 5.69. The molecule has 0 bridgehead atoms. The second-order valence-corrected chi connectivity index (χ2v) is 11.4. The average Bonchev–Trinajstić information content (AvgIpc) is 2.92. The summed E-state index contributed by atoms with van der Waals surface area (Å²) in [5.74, 6) is 0.0664. The van der Waals surface area contributed by atoms with Crippen LogP contribution in [0, 0.1) is 5.92 Å². The van der Waals surface area contributed by atoms with Crippen LogP contribution in [0.1, 0.15) is 72.6 Å². The summed E-state index contributed by atoms with van der Waals surface area (Å²) < 4.78 is 21.2. The Bertz CT molecular complexity index is 1190. The Labute approximate surface area is 249 Å². The fourth-order valence-electron chi connectivity index (χ4n) is 5.17. The number of amides is 2. The van der Waals surface area contributed by atoms with E-state index in [0.717, 1.165) is 17.0 Å². The van der Waals surface area contributed by atoms with Crippen molar-refractivity contribution in [1.82, 2.24) is 19.8 Å². The normalized spacial score (nSPS) is 17.8. The third kappa shape index (κ3) is 9.20. The van der Waals surface area contributed by atoms with Gasteiger partial charge in [-0.2, -0.15) is 0 Å². The maximum atomic E-state index is 15.9. The number of aromatic nitrogens is 2. The average molecular weight is 587 g/mol. The summed E-state index contributed by atoms with van der Waals surface area (Å²) in [6, 6.07) is 9.28. The molecular formula is C31H47FN6O4. The Morgan fingerprint density at radius 3 is 2.36 bits per heavy atom. The summed E-state index contributed by atoms with van der Waals surface area (Å²) in [6.07, 6.45) is 4.40. The van der Waals surface area contributed by atoms with Gasteiger partial charge in [0, 0.05) is 63.9 Å². The number of oxime groups is 1. The highest BCUT2D eigenvalue weighted by Gasteiger charge is 2.45. The van der Waals surface area contributed by atoms with E-state index in [1.54, 1.807) is 44.1 Å². The van der Waals surface area contributed by atoms with E-state index in [4.69, 9.17) is 9.57 Å². The van der Waals surface area contributed by atoms with Crippen LogP contribution in [0.2, 0.25) is 0 Å². The van der Waals surface area contributed by atoms with Gasteiger partial charge < -0.3 is 14.5 Å². The molecule has 0 saturated carbocycles. The van der Waals surface area contributed by atoms with Gasteiger partial charge in [0.1, 0.15) is 24.2 Å². The quantitative estimate of drug-likeness (QED) is 0.328. The number of carbonyl (C=O) groups excluding carboxylic acids is 2. The van der Waals surface area contributed by atoms with Gasteiger partial charge in [0.2, 0.25) is 0 Å². The molecule has 232 valence electrons. The number of rotatable bonds is 7. The van der Waals surface area contributed by atoms with Gasteiger partial charge in [-0.1, -0.05) is 26.1 Å². The Kier molecular flexibility index (Phi) is 12.4. The van der Waals surface area contributed by atoms with Crippen LogP contribution in [-0.2, 0) is 20.9 Å². The number of carbonyl (C=O) groups is 2. The molecule has 11 heteroatoms. The first-order chi connectivity index (χ1) is 19.1. The van der Waals surface area contributed by atoms with Crippen LogP contribution in [0.3, 0.4) is 0 Å². The molecule has 0 aromatic carbocycles. The second kappa shape index (κ2) is 15.0. The summed E-state index contributed by atoms with van der Waals surface area (Å²) in [7, 11) is 1.51. The van der Waals surface area contributed by atoms with Crippen molar-refractivity contribution in [2.45, 2.75) is 79.1 Å². The Morgan fingerprint density at radius 2 is 1.76 bits per heavy atom. The number of halogens is 1. The third-order valence-corrected chi connectivity index (χ3v) is 7.18. The maximum absolute atomic E-state index is 15.9. The molecule has 2 aliphatic rings. The van der Waals surface area contributed by atoms with Crippen molar-refractivity contribution >= 4 is 23.5 Å². The molecule has 10 nitrogen and oxygen atoms in total. The molecule has 2 fully saturated rings. The van der Waals surface area contributed by atoms with Crippen molar-refractivity contribution in [3.63, 3.8) is 0 Å². The number of likely N-dealkylation sites (tertiary alicyclic amines) is 2. The van der Waals surface area contributed by atoms with Crippen molar-refractivity contribution in [2.24, 2.45) is 11.1 Å². The zero-order chi connectivity index (χ0) is 28.8. The molecular weight excluding hydrogens is 539 g/mol. The molecule has 2 aromatic rings. The number of piperidine rings is 2. The molecule has 0 unspecified atom stereocenters. The lowest BCUT2D eigenvalue weighted by atomic mass is 9.87. The number of nitrogens with zero attached hydrogens (tertiary/aromatic N) is 5. The van der Waals surface area contributed by atoms with Crippen molar-refractivity contribution in [3.05, 3.63) is 54.0 Å². The molecule has 0 atom stereocenters. The molecule has 4 rings (SSSR count). The molecule has 2 amide bonds. The zero-order valence-corrected chi connectivity index (χ0v) is 23.7. The Balaban J connectivity index is 0.00000308. The van der Waals surface area contributed by atoms with E-state index in [2.05, 4.69) is 25.3 Å². The van der Waals surface area contributed by atoms with Crippen molar-refractivity contribution in [3.8, 4) is 0 Å². The summed E-state index contributed by atoms with van der Waals surface area (Å²) in [6.45, 7) is 7.81. The summed E-state index contributed by atoms with van der Waals surface area (Å²) in [5, 5.41) is 6.86. The first-order valence-electron chi connectivity index (χ1n) is 13.7. The number of hydrogen-bond donors (Lipinski definition) is 1. The Hall–Kier alpha value is -3.60. The van der Waals surface area contributed by atoms with E-state index >= 15 is 4.39 Å². The van der Waals surface area contributed by atoms with E-state index in [1.807, 2.05) is 24.3 Å². The monoisotopic (exact) mass is 586 g/mol. The third-order valence-electron chi connectivity index (χ3n) is 7.18. The number of hydrogen-bond acceptors (Lipinski definition) is 8. The molecule has 1 N–H and O–H groups in total. The molecule has 0 spiro atoms. The summed E-state index contributed by atoms with van der Waals surface area (Å²) in [4.78, 5) is 42.7. The van der Waals surface area contributed by atoms with E-state index < -0.39 is 23.3 Å². The number of alkyl halides is 1. The predicted molar refractivity (Wildman–Crippen MR) is 163 cm³/mol. The molecule has 0 radical (unpaired) electrons. The van der Waals surface area contributed by atoms with E-state index in [1.165, 1.54) is 7.11 Å². The lowest BCUT2D eigenvalue weighted by Crippen LogP contribution is -2.54. The largest absolute Gasteiger partial charge is 0.444 e. The van der Waals surface area contributed by atoms with Gasteiger partial charge in [-0.05, 0) is 63.4 Å². The lowest BCUT2D eigenvalue weighted by Gasteiger charge is -2.40. The standard InChI is InChI=1S/C29H39FN6O4.2CH4/c1-28(2,3)40-27(38)33-24-19-21(8-14-32-24)20-35-17-11-29(30,12-18-35)26(37)36-15-9-22(10-16-36)25(34-39-4)23-7-5-6-13-31-23;;/h5-8,13-14,19,22H,9-12,15-18,20H2,1-4H3,(H,32,33,38);2*1H4/b34-25+;;. The minimum absolute atomic E-state index is 0. The van der Waals surface area contributed by atoms with Gasteiger partial charge in [-0.25, -0.2) is 14.2 Å². The van der Waals surface area contributed by atoms with Crippen LogP contribution in [0.4, 0.5) is 15.0 Å². The number of nitrogens with one attached hydrogen (secondary N) is 1. The van der Waals surface area contributed by atoms with Gasteiger partial charge in [0.25, 0.3) is 5.91 Å². The van der Waals surface area contributed by atoms with Crippen LogP contribution < -0.4 is 5.32 Å². The van der Waals surface area contributed by atoms with Crippen molar-refractivity contribution in [1.29, 1.82) is 0 Å². The number of anilines is 1. The molecule has 2 aliphatic heterocycles. The number of ether oxygens (including phenoxy) is 1. The smallest absolute Gasteiger partial charge is 0.413 e. The maximum Gasteiger partial charge on any atom is 0.413 e. The van der Waals surface area contributed by atoms with Gasteiger partial charge in [-0.3, -0.25) is 20.0 Å². The fraction of sp³-hybridized carbons (Fsp3) is 0.581. The minimum Gasteiger partial charge on any atom is -0.444 e. The molecule has 42 heavy (non-hydrogen) atoms. The molecule has 0 aliphatic carbocycles. The van der Waals surface area contributed by atoms with Crippen LogP contribution >= 0.6 is 0 Å². The van der Waals surface area contributed by atoms with Gasteiger partial charge >= 0.3 is 6.09 Å². The lowest BCUT2D eigenvalue weighted by molar-refractivity contribution is -0.148. The SMILES string of the molecule is C.C.CO/N=C(/c1ccccn1)C1CCN(C(=O)C2(F)CCN(Cc3ccnc(NC(=O)OC(C)(C)C)c3)CC2)CC1. The summed E-state index contributed by atoms with van der Waals surface area (Å²) in [5.41, 5.74) is -0.0236. The molecule has 2 saturated heterocycles. The van der Waals surface area contributed by atoms with Crippen LogP contribution in [-0.4, -0.2) is 82.0 Å². The fourth-order valence-corrected chi connectivity index (χ4v) is 5.17. The first kappa shape index (κ1) is 34.6. The Morgan fingerprint density at radius 1 is 1.07 bits per heavy atom. The zero-order valence-electron chi connectivity index (χ0n) is 23.7. The van der Waals surface area contributed by atoms with Gasteiger partial charge in [0.05, 0.1) is 5.69 Å².